The molecule has 1 aliphatic rings. The van der Waals surface area contributed by atoms with E-state index in [1.165, 1.54) is 12.8 Å². The second-order valence-electron chi connectivity index (χ2n) is 6.53. The van der Waals surface area contributed by atoms with Gasteiger partial charge in [0.1, 0.15) is 0 Å². The van der Waals surface area contributed by atoms with E-state index in [1.807, 2.05) is 4.90 Å². The Morgan fingerprint density at radius 2 is 1.96 bits per heavy atom. The van der Waals surface area contributed by atoms with Crippen LogP contribution in [0.2, 0.25) is 0 Å². The van der Waals surface area contributed by atoms with Crippen molar-refractivity contribution in [2.75, 3.05) is 52.9 Å². The number of unbranched alkanes of at least 4 members (excludes halogenated alkanes) is 1. The molecule has 7 heteroatoms. The van der Waals surface area contributed by atoms with Gasteiger partial charge in [-0.3, -0.25) is 9.89 Å². The highest BCUT2D eigenvalue weighted by atomic mass is 19.3. The van der Waals surface area contributed by atoms with Crippen LogP contribution >= 0.6 is 0 Å². The molecule has 1 fully saturated rings. The first-order valence-electron chi connectivity index (χ1n) is 9.29. The summed E-state index contributed by atoms with van der Waals surface area (Å²) in [5, 5.41) is 6.73. The van der Waals surface area contributed by atoms with Gasteiger partial charge >= 0.3 is 0 Å². The number of likely N-dealkylation sites (N-methyl/N-ethyl adjacent to an activating group) is 1. The van der Waals surface area contributed by atoms with Gasteiger partial charge in [0.15, 0.2) is 5.96 Å². The van der Waals surface area contributed by atoms with Gasteiger partial charge in [0.05, 0.1) is 13.1 Å². The maximum absolute atomic E-state index is 12.4. The van der Waals surface area contributed by atoms with Gasteiger partial charge in [-0.25, -0.2) is 8.78 Å². The molecular weight excluding hydrogens is 312 g/mol. The number of hydrogen-bond acceptors (Lipinski definition) is 3. The lowest BCUT2D eigenvalue weighted by Crippen LogP contribution is -2.49. The Morgan fingerprint density at radius 1 is 1.25 bits per heavy atom. The summed E-state index contributed by atoms with van der Waals surface area (Å²) in [6.45, 7) is 9.23. The molecule has 0 radical (unpaired) electrons. The minimum atomic E-state index is -2.24. The minimum Gasteiger partial charge on any atom is -0.357 e. The van der Waals surface area contributed by atoms with Crippen LogP contribution in [0.4, 0.5) is 8.78 Å². The van der Waals surface area contributed by atoms with Crippen LogP contribution in [0.5, 0.6) is 0 Å². The lowest BCUT2D eigenvalue weighted by Gasteiger charge is -2.32. The molecule has 0 atom stereocenters. The third-order valence-electron chi connectivity index (χ3n) is 4.31. The van der Waals surface area contributed by atoms with Crippen LogP contribution in [-0.2, 0) is 0 Å². The highest BCUT2D eigenvalue weighted by molar-refractivity contribution is 5.80. The fourth-order valence-electron chi connectivity index (χ4n) is 2.84. The van der Waals surface area contributed by atoms with E-state index in [1.54, 1.807) is 0 Å². The molecule has 0 aromatic heterocycles. The van der Waals surface area contributed by atoms with Crippen LogP contribution in [0.15, 0.2) is 4.99 Å². The minimum absolute atomic E-state index is 0.106. The van der Waals surface area contributed by atoms with E-state index < -0.39 is 6.43 Å². The Labute approximate surface area is 145 Å². The van der Waals surface area contributed by atoms with Crippen molar-refractivity contribution in [1.29, 1.82) is 0 Å². The van der Waals surface area contributed by atoms with Crippen LogP contribution in [0, 0.1) is 0 Å². The van der Waals surface area contributed by atoms with Gasteiger partial charge in [-0.15, -0.1) is 0 Å². The first kappa shape index (κ1) is 21.1. The maximum atomic E-state index is 12.4. The van der Waals surface area contributed by atoms with Crippen molar-refractivity contribution in [3.63, 3.8) is 0 Å². The molecule has 0 aliphatic carbocycles. The highest BCUT2D eigenvalue weighted by Gasteiger charge is 2.21. The van der Waals surface area contributed by atoms with Crippen molar-refractivity contribution < 1.29 is 8.78 Å². The Bertz CT molecular complexity index is 344. The predicted octanol–water partition coefficient (Wildman–Crippen LogP) is 2.00. The van der Waals surface area contributed by atoms with Gasteiger partial charge < -0.3 is 15.5 Å². The first-order valence-corrected chi connectivity index (χ1v) is 9.29. The fraction of sp³-hybridized carbons (Fsp3) is 0.941. The molecular formula is C17H35F2N5. The van der Waals surface area contributed by atoms with E-state index in [-0.39, 0.29) is 6.54 Å². The summed E-state index contributed by atoms with van der Waals surface area (Å²) in [6.07, 6.45) is 1.96. The monoisotopic (exact) mass is 347 g/mol. The summed E-state index contributed by atoms with van der Waals surface area (Å²) < 4.78 is 24.8. The first-order chi connectivity index (χ1) is 11.5. The second kappa shape index (κ2) is 12.4. The van der Waals surface area contributed by atoms with E-state index >= 15 is 0 Å². The number of alkyl halides is 2. The van der Waals surface area contributed by atoms with Gasteiger partial charge in [-0.1, -0.05) is 13.3 Å². The summed E-state index contributed by atoms with van der Waals surface area (Å²) >= 11 is 0. The average Bonchev–Trinajstić information content (AvgIpc) is 2.54. The van der Waals surface area contributed by atoms with E-state index in [0.29, 0.717) is 6.04 Å². The number of nitrogens with zero attached hydrogens (tertiary/aromatic N) is 3. The van der Waals surface area contributed by atoms with Crippen LogP contribution in [0.1, 0.15) is 39.5 Å². The molecule has 0 saturated carbocycles. The number of rotatable bonds is 10. The lowest BCUT2D eigenvalue weighted by molar-refractivity contribution is 0.0744. The number of likely N-dealkylation sites (tertiary alicyclic amines) is 1. The molecule has 0 aromatic carbocycles. The Hall–Kier alpha value is -0.950. The van der Waals surface area contributed by atoms with Crippen molar-refractivity contribution in [2.24, 2.45) is 4.99 Å². The number of halogens is 2. The van der Waals surface area contributed by atoms with Gasteiger partial charge in [0, 0.05) is 32.2 Å². The van der Waals surface area contributed by atoms with Crippen molar-refractivity contribution >= 4 is 5.96 Å². The Balaban J connectivity index is 2.33. The van der Waals surface area contributed by atoms with E-state index in [2.05, 4.69) is 41.4 Å². The smallest absolute Gasteiger partial charge is 0.251 e. The molecule has 1 saturated heterocycles. The van der Waals surface area contributed by atoms with Gasteiger partial charge in [0.25, 0.3) is 6.43 Å². The van der Waals surface area contributed by atoms with Crippen molar-refractivity contribution in [3.05, 3.63) is 0 Å². The molecule has 0 bridgehead atoms. The quantitative estimate of drug-likeness (QED) is 0.469. The molecule has 0 spiro atoms. The van der Waals surface area contributed by atoms with Crippen LogP contribution in [0.3, 0.4) is 0 Å². The molecule has 2 N–H and O–H groups in total. The molecule has 1 aliphatic heterocycles. The number of piperidine rings is 1. The van der Waals surface area contributed by atoms with Crippen LogP contribution in [-0.4, -0.2) is 81.1 Å². The van der Waals surface area contributed by atoms with Gasteiger partial charge in [-0.05, 0) is 39.8 Å². The molecule has 24 heavy (non-hydrogen) atoms. The lowest BCUT2D eigenvalue weighted by atomic mass is 10.1. The molecule has 142 valence electrons. The molecule has 0 amide bonds. The summed E-state index contributed by atoms with van der Waals surface area (Å²) in [6, 6.07) is 0.314. The molecule has 1 heterocycles. The second-order valence-corrected chi connectivity index (χ2v) is 6.53. The van der Waals surface area contributed by atoms with E-state index in [0.717, 1.165) is 58.1 Å². The standard InChI is InChI=1S/C17H35F2N5/c1-4-6-10-23(3)13-9-21-17(20-5-2)22-15-7-11-24(12-8-15)14-16(18)19/h15-16H,4-14H2,1-3H3,(H2,20,21,22). The maximum Gasteiger partial charge on any atom is 0.251 e. The molecule has 1 rings (SSSR count). The van der Waals surface area contributed by atoms with E-state index in [4.69, 9.17) is 0 Å². The number of hydrogen-bond donors (Lipinski definition) is 2. The van der Waals surface area contributed by atoms with Crippen molar-refractivity contribution in [3.8, 4) is 0 Å². The van der Waals surface area contributed by atoms with Gasteiger partial charge in [-0.2, -0.15) is 0 Å². The summed E-state index contributed by atoms with van der Waals surface area (Å²) in [5.41, 5.74) is 0. The third-order valence-corrected chi connectivity index (χ3v) is 4.31. The number of nitrogens with one attached hydrogen (secondary N) is 2. The molecule has 0 aromatic rings. The zero-order chi connectivity index (χ0) is 17.8. The zero-order valence-electron chi connectivity index (χ0n) is 15.5. The average molecular weight is 347 g/mol. The normalized spacial score (nSPS) is 17.7. The number of aliphatic imine (C=N–C) groups is 1. The zero-order valence-corrected chi connectivity index (χ0v) is 15.5. The molecule has 5 nitrogen and oxygen atoms in total. The highest BCUT2D eigenvalue weighted by Crippen LogP contribution is 2.11. The summed E-state index contributed by atoms with van der Waals surface area (Å²) in [4.78, 5) is 8.79. The molecule has 0 unspecified atom stereocenters. The SMILES string of the molecule is CCCCN(C)CCN=C(NCC)NC1CCN(CC(F)F)CC1. The predicted molar refractivity (Wildman–Crippen MR) is 97.0 cm³/mol. The summed E-state index contributed by atoms with van der Waals surface area (Å²) in [5.74, 6) is 0.841. The van der Waals surface area contributed by atoms with Crippen molar-refractivity contribution in [2.45, 2.75) is 52.0 Å². The Morgan fingerprint density at radius 3 is 2.54 bits per heavy atom. The summed E-state index contributed by atoms with van der Waals surface area (Å²) in [7, 11) is 2.13. The number of guanidine groups is 1. The third kappa shape index (κ3) is 9.37. The van der Waals surface area contributed by atoms with Gasteiger partial charge in [0.2, 0.25) is 0 Å². The fourth-order valence-corrected chi connectivity index (χ4v) is 2.84. The van der Waals surface area contributed by atoms with Crippen LogP contribution in [0.25, 0.3) is 0 Å². The van der Waals surface area contributed by atoms with Crippen LogP contribution < -0.4 is 10.6 Å². The topological polar surface area (TPSA) is 42.9 Å². The largest absolute Gasteiger partial charge is 0.357 e. The van der Waals surface area contributed by atoms with E-state index in [9.17, 15) is 8.78 Å². The Kier molecular flexibility index (Phi) is 10.9. The van der Waals surface area contributed by atoms with Crippen molar-refractivity contribution in [1.82, 2.24) is 20.4 Å².